The zero-order valence-electron chi connectivity index (χ0n) is 17.6. The van der Waals surface area contributed by atoms with Crippen LogP contribution in [-0.4, -0.2) is 26.2 Å². The number of allylic oxidation sites excluding steroid dienone is 1. The smallest absolute Gasteiger partial charge is 0.128 e. The van der Waals surface area contributed by atoms with Crippen LogP contribution in [0.25, 0.3) is 5.32 Å². The van der Waals surface area contributed by atoms with E-state index in [0.717, 1.165) is 55.7 Å². The van der Waals surface area contributed by atoms with Gasteiger partial charge in [-0.2, -0.15) is 6.92 Å². The molecule has 1 unspecified atom stereocenters. The van der Waals surface area contributed by atoms with Gasteiger partial charge in [-0.1, -0.05) is 31.6 Å². The average molecular weight is 692 g/mol. The number of likely N-dealkylation sites (N-methyl/N-ethyl adjacent to an activating group) is 1. The third-order valence-electron chi connectivity index (χ3n) is 4.45. The van der Waals surface area contributed by atoms with Crippen LogP contribution in [-0.2, 0) is 32.7 Å². The van der Waals surface area contributed by atoms with Crippen LogP contribution in [0.15, 0.2) is 43.1 Å². The average Bonchev–Trinajstić information content (AvgIpc) is 2.67. The second-order valence-electron chi connectivity index (χ2n) is 6.02. The van der Waals surface area contributed by atoms with Gasteiger partial charge in [0.05, 0.1) is 6.04 Å². The summed E-state index contributed by atoms with van der Waals surface area (Å²) < 4.78 is 14.5. The van der Waals surface area contributed by atoms with Gasteiger partial charge in [0.25, 0.3) is 0 Å². The van der Waals surface area contributed by atoms with Gasteiger partial charge in [-0.05, 0) is 36.5 Å². The van der Waals surface area contributed by atoms with Crippen LogP contribution >= 0.6 is 0 Å². The van der Waals surface area contributed by atoms with Crippen LogP contribution in [0.1, 0.15) is 44.1 Å². The molecule has 0 aromatic heterocycles. The fourth-order valence-corrected chi connectivity index (χ4v) is 3.00. The van der Waals surface area contributed by atoms with Crippen LogP contribution in [0.3, 0.4) is 0 Å². The predicted molar refractivity (Wildman–Crippen MR) is 114 cm³/mol. The molecule has 1 saturated heterocycles. The van der Waals surface area contributed by atoms with Crippen molar-refractivity contribution < 1.29 is 51.4 Å². The number of halogens is 1. The number of hydrogen-bond acceptors (Lipinski definition) is 2. The fraction of sp³-hybridized carbons (Fsp3) is 0.455. The maximum atomic E-state index is 14.5. The van der Waals surface area contributed by atoms with Gasteiger partial charge in [-0.15, -0.1) is 19.7 Å². The third-order valence-corrected chi connectivity index (χ3v) is 4.45. The molecule has 3 nitrogen and oxygen atoms in total. The van der Waals surface area contributed by atoms with Crippen LogP contribution in [0.4, 0.5) is 10.1 Å². The molecular weight excluding hydrogens is 657 g/mol. The van der Waals surface area contributed by atoms with Crippen LogP contribution in [0.2, 0.25) is 0 Å². The van der Waals surface area contributed by atoms with E-state index in [0.29, 0.717) is 5.92 Å². The van der Waals surface area contributed by atoms with Crippen molar-refractivity contribution in [1.82, 2.24) is 5.32 Å². The first-order valence-corrected chi connectivity index (χ1v) is 9.03. The standard InChI is InChI=1S/C19H27FN3.C2H5.CH3.Am.Y/c1-4-5-6-19(14(2)21-3)23-16-7-8-17(18(20)13-16)15-9-11-22-12-10-15;1-2;;;/h4,7-8,13,15,19,21,23H,1-2,5-6,9-12H2,3H3;1H2,2H3;1H3;;/q3*-1;;. The maximum Gasteiger partial charge on any atom is 0.128 e. The molecule has 1 aromatic carbocycles. The molecule has 6 heteroatoms. The summed E-state index contributed by atoms with van der Waals surface area (Å²) in [6.45, 7) is 14.5. The minimum atomic E-state index is -0.126. The van der Waals surface area contributed by atoms with Gasteiger partial charge in [0.15, 0.2) is 0 Å². The van der Waals surface area contributed by atoms with Gasteiger partial charge in [-0.3, -0.25) is 0 Å². The zero-order valence-corrected chi connectivity index (χ0v) is 23.6. The van der Waals surface area contributed by atoms with Gasteiger partial charge in [-0.25, -0.2) is 4.39 Å². The Morgan fingerprint density at radius 2 is 1.96 bits per heavy atom. The number of nitrogens with zero attached hydrogens (tertiary/aromatic N) is 1. The first-order chi connectivity index (χ1) is 12.2. The van der Waals surface area contributed by atoms with E-state index in [9.17, 15) is 4.39 Å². The Morgan fingerprint density at radius 1 is 1.36 bits per heavy atom. The molecule has 0 spiro atoms. The number of benzene rings is 1. The zero-order chi connectivity index (χ0) is 18.7. The van der Waals surface area contributed by atoms with Crippen LogP contribution in [0.5, 0.6) is 0 Å². The largest absolute Gasteiger partial charge is 0.662 e. The number of hydrogen-bond donors (Lipinski definition) is 2. The predicted octanol–water partition coefficient (Wildman–Crippen LogP) is 5.84. The summed E-state index contributed by atoms with van der Waals surface area (Å²) in [6.07, 6.45) is 5.53. The van der Waals surface area contributed by atoms with Gasteiger partial charge in [0.2, 0.25) is 0 Å². The first kappa shape index (κ1) is 32.4. The summed E-state index contributed by atoms with van der Waals surface area (Å²) in [7, 11) is 1.85. The SMILES string of the molecule is C=CCCC(Nc1ccc(C2CC[N-]CC2)c(F)c1)C(=C)NC.[Am].[CH2-]C.[CH3-].[Y]. The molecule has 0 bridgehead atoms. The summed E-state index contributed by atoms with van der Waals surface area (Å²) in [5.41, 5.74) is 2.50. The second-order valence-corrected chi connectivity index (χ2v) is 6.02. The normalized spacial score (nSPS) is 13.9. The quantitative estimate of drug-likeness (QED) is 0.266. The number of piperidine rings is 1. The van der Waals surface area contributed by atoms with Gasteiger partial charge in [0, 0.05) is 65.4 Å². The van der Waals surface area contributed by atoms with E-state index in [1.165, 1.54) is 0 Å². The second kappa shape index (κ2) is 18.7. The van der Waals surface area contributed by atoms with Crippen molar-refractivity contribution in [3.63, 3.8) is 0 Å². The molecule has 1 aliphatic heterocycles. The van der Waals surface area contributed by atoms with Crippen molar-refractivity contribution in [1.29, 1.82) is 0 Å². The Morgan fingerprint density at radius 3 is 2.46 bits per heavy atom. The molecule has 0 amide bonds. The molecule has 1 aromatic rings. The Balaban J connectivity index is -0.00000121. The van der Waals surface area contributed by atoms with E-state index in [1.807, 2.05) is 25.3 Å². The van der Waals surface area contributed by atoms with Crippen molar-refractivity contribution in [3.05, 3.63) is 74.2 Å². The Kier molecular flexibility index (Phi) is 21.6. The molecule has 1 heterocycles. The topological polar surface area (TPSA) is 38.2 Å². The molecule has 158 valence electrons. The van der Waals surface area contributed by atoms with E-state index in [1.54, 1.807) is 13.0 Å². The summed E-state index contributed by atoms with van der Waals surface area (Å²) in [6, 6.07) is 5.54. The van der Waals surface area contributed by atoms with E-state index >= 15 is 0 Å². The van der Waals surface area contributed by atoms with Crippen molar-refractivity contribution in [3.8, 4) is 0 Å². The molecule has 1 aliphatic rings. The van der Waals surface area contributed by atoms with Gasteiger partial charge in [0.1, 0.15) is 5.82 Å². The van der Waals surface area contributed by atoms with E-state index in [-0.39, 0.29) is 66.3 Å². The van der Waals surface area contributed by atoms with Crippen molar-refractivity contribution in [2.24, 2.45) is 0 Å². The number of nitrogens with one attached hydrogen (secondary N) is 2. The molecule has 1 atom stereocenters. The van der Waals surface area contributed by atoms with Crippen molar-refractivity contribution in [2.75, 3.05) is 25.5 Å². The summed E-state index contributed by atoms with van der Waals surface area (Å²) in [4.78, 5) is 0. The van der Waals surface area contributed by atoms with Gasteiger partial charge >= 0.3 is 0 Å². The summed E-state index contributed by atoms with van der Waals surface area (Å²) in [5, 5.41) is 10.8. The first-order valence-electron chi connectivity index (χ1n) is 9.03. The number of rotatable bonds is 8. The van der Waals surface area contributed by atoms with Gasteiger partial charge < -0.3 is 30.3 Å². The molecule has 2 N–H and O–H groups in total. The van der Waals surface area contributed by atoms with Crippen molar-refractivity contribution in [2.45, 2.75) is 44.6 Å². The summed E-state index contributed by atoms with van der Waals surface area (Å²) in [5.74, 6) is 0.171. The molecule has 1 fully saturated rings. The molecular formula is C22H35AmFN3Y-3. The van der Waals surface area contributed by atoms with E-state index in [4.69, 9.17) is 0 Å². The molecule has 0 aliphatic carbocycles. The molecule has 28 heavy (non-hydrogen) atoms. The van der Waals surface area contributed by atoms with E-state index < -0.39 is 0 Å². The van der Waals surface area contributed by atoms with Crippen LogP contribution < -0.4 is 10.6 Å². The Hall–Kier alpha value is -0.316. The molecule has 2 rings (SSSR count). The monoisotopic (exact) mass is 690 g/mol. The molecule has 0 saturated carbocycles. The minimum absolute atomic E-state index is 0. The maximum absolute atomic E-state index is 14.5. The van der Waals surface area contributed by atoms with Crippen molar-refractivity contribution >= 4 is 5.69 Å². The summed E-state index contributed by atoms with van der Waals surface area (Å²) >= 11 is 0. The number of anilines is 1. The third kappa shape index (κ3) is 10.5. The Bertz CT molecular complexity index is 549. The minimum Gasteiger partial charge on any atom is -0.662 e. The van der Waals surface area contributed by atoms with Crippen LogP contribution in [0, 0.1) is 34.5 Å². The van der Waals surface area contributed by atoms with E-state index in [2.05, 4.69) is 36.0 Å². The fourth-order valence-electron chi connectivity index (χ4n) is 3.00. The molecule has 2 radical (unpaired) electrons. The Labute approximate surface area is 205 Å².